The Hall–Kier alpha value is -3.02. The second-order valence-corrected chi connectivity index (χ2v) is 7.60. The molecule has 6 nitrogen and oxygen atoms in total. The van der Waals surface area contributed by atoms with E-state index in [1.165, 1.54) is 0 Å². The number of hydrogen-bond acceptors (Lipinski definition) is 6. The zero-order valence-electron chi connectivity index (χ0n) is 17.8. The summed E-state index contributed by atoms with van der Waals surface area (Å²) in [6.07, 6.45) is -0.473. The lowest BCUT2D eigenvalue weighted by Crippen LogP contribution is -2.30. The normalized spacial score (nSPS) is 11.5. The molecule has 2 aromatic rings. The molecule has 0 unspecified atom stereocenters. The Kier molecular flexibility index (Phi) is 6.90. The van der Waals surface area contributed by atoms with Crippen molar-refractivity contribution in [2.45, 2.75) is 45.3 Å². The van der Waals surface area contributed by atoms with Crippen LogP contribution >= 0.6 is 0 Å². The maximum absolute atomic E-state index is 12.3. The molecule has 0 bridgehead atoms. The van der Waals surface area contributed by atoms with Crippen molar-refractivity contribution in [3.63, 3.8) is 0 Å². The third-order valence-corrected chi connectivity index (χ3v) is 4.60. The first-order valence-corrected chi connectivity index (χ1v) is 9.30. The van der Waals surface area contributed by atoms with Crippen LogP contribution in [-0.2, 0) is 30.3 Å². The van der Waals surface area contributed by atoms with E-state index < -0.39 is 29.6 Å². The summed E-state index contributed by atoms with van der Waals surface area (Å²) in [6, 6.07) is 14.4. The topological polar surface area (TPSA) is 71.1 Å². The largest absolute Gasteiger partial charge is 0.497 e. The Bertz CT molecular complexity index is 763. The van der Waals surface area contributed by atoms with Crippen LogP contribution in [0.4, 0.5) is 0 Å². The molecule has 0 aliphatic heterocycles. The lowest BCUT2D eigenvalue weighted by molar-refractivity contribution is -0.169. The average Bonchev–Trinajstić information content (AvgIpc) is 2.67. The van der Waals surface area contributed by atoms with Crippen LogP contribution in [0.25, 0.3) is 0 Å². The van der Waals surface area contributed by atoms with Gasteiger partial charge in [-0.25, -0.2) is 0 Å². The van der Waals surface area contributed by atoms with Gasteiger partial charge in [0.2, 0.25) is 0 Å². The highest BCUT2D eigenvalue weighted by atomic mass is 16.6. The van der Waals surface area contributed by atoms with Gasteiger partial charge in [0.1, 0.15) is 29.1 Å². The molecule has 0 amide bonds. The van der Waals surface area contributed by atoms with E-state index in [1.807, 2.05) is 24.3 Å². The van der Waals surface area contributed by atoms with Crippen LogP contribution in [0.2, 0.25) is 0 Å². The Labute approximate surface area is 171 Å². The van der Waals surface area contributed by atoms with E-state index >= 15 is 0 Å². The maximum atomic E-state index is 12.3. The van der Waals surface area contributed by atoms with E-state index in [1.54, 1.807) is 66.2 Å². The second kappa shape index (κ2) is 8.99. The molecule has 0 atom stereocenters. The first-order valence-electron chi connectivity index (χ1n) is 9.30. The van der Waals surface area contributed by atoms with Crippen LogP contribution in [0, 0.1) is 0 Å². The van der Waals surface area contributed by atoms with Gasteiger partial charge in [0.05, 0.1) is 14.2 Å². The summed E-state index contributed by atoms with van der Waals surface area (Å²) in [5, 5.41) is 0. The van der Waals surface area contributed by atoms with Crippen molar-refractivity contribution < 1.29 is 28.5 Å². The van der Waals surface area contributed by atoms with Crippen molar-refractivity contribution in [3.05, 3.63) is 59.7 Å². The number of rotatable bonds is 8. The molecule has 0 heterocycles. The molecule has 0 saturated carbocycles. The number of hydrogen-bond donors (Lipinski definition) is 0. The van der Waals surface area contributed by atoms with Crippen LogP contribution in [0.1, 0.15) is 45.2 Å². The van der Waals surface area contributed by atoms with Crippen LogP contribution in [0.5, 0.6) is 11.5 Å². The summed E-state index contributed by atoms with van der Waals surface area (Å²) in [4.78, 5) is 24.6. The molecule has 29 heavy (non-hydrogen) atoms. The van der Waals surface area contributed by atoms with E-state index in [4.69, 9.17) is 18.9 Å². The highest BCUT2D eigenvalue weighted by molar-refractivity contribution is 5.91. The first-order chi connectivity index (χ1) is 13.6. The van der Waals surface area contributed by atoms with Gasteiger partial charge in [0.15, 0.2) is 0 Å². The van der Waals surface area contributed by atoms with Crippen molar-refractivity contribution >= 4 is 11.9 Å². The Balaban J connectivity index is 1.97. The number of methoxy groups -OCH3 is 2. The van der Waals surface area contributed by atoms with Gasteiger partial charge in [-0.15, -0.1) is 0 Å². The Morgan fingerprint density at radius 2 is 0.966 bits per heavy atom. The van der Waals surface area contributed by atoms with Crippen LogP contribution in [0.15, 0.2) is 48.5 Å². The molecule has 0 saturated heterocycles. The fraction of sp³-hybridized carbons (Fsp3) is 0.391. The standard InChI is InChI=1S/C23H28O6/c1-22(2,16-7-11-18(26-5)12-8-16)28-20(24)15-21(25)29-23(3,4)17-9-13-19(27-6)14-10-17/h7-14H,15H2,1-6H3. The maximum Gasteiger partial charge on any atom is 0.318 e. The van der Waals surface area contributed by atoms with Crippen LogP contribution in [0.3, 0.4) is 0 Å². The number of benzene rings is 2. The molecular weight excluding hydrogens is 372 g/mol. The van der Waals surface area contributed by atoms with E-state index in [9.17, 15) is 9.59 Å². The van der Waals surface area contributed by atoms with Gasteiger partial charge in [-0.1, -0.05) is 24.3 Å². The minimum absolute atomic E-state index is 0.473. The number of carbonyl (C=O) groups excluding carboxylic acids is 2. The molecule has 0 aliphatic rings. The summed E-state index contributed by atoms with van der Waals surface area (Å²) in [5.74, 6) is 0.114. The smallest absolute Gasteiger partial charge is 0.318 e. The quantitative estimate of drug-likeness (QED) is 0.485. The van der Waals surface area contributed by atoms with Gasteiger partial charge in [0.25, 0.3) is 0 Å². The first kappa shape index (κ1) is 22.3. The van der Waals surface area contributed by atoms with E-state index in [0.717, 1.165) is 11.1 Å². The third-order valence-electron chi connectivity index (χ3n) is 4.60. The van der Waals surface area contributed by atoms with Gasteiger partial charge >= 0.3 is 11.9 Å². The molecule has 0 fully saturated rings. The van der Waals surface area contributed by atoms with Crippen molar-refractivity contribution in [1.29, 1.82) is 0 Å². The van der Waals surface area contributed by atoms with Gasteiger partial charge in [-0.3, -0.25) is 9.59 Å². The van der Waals surface area contributed by atoms with Crippen LogP contribution < -0.4 is 9.47 Å². The predicted molar refractivity (Wildman–Crippen MR) is 109 cm³/mol. The third kappa shape index (κ3) is 5.98. The van der Waals surface area contributed by atoms with Crippen molar-refractivity contribution in [2.24, 2.45) is 0 Å². The van der Waals surface area contributed by atoms with E-state index in [2.05, 4.69) is 0 Å². The summed E-state index contributed by atoms with van der Waals surface area (Å²) in [6.45, 7) is 7.05. The summed E-state index contributed by atoms with van der Waals surface area (Å²) in [7, 11) is 3.17. The lowest BCUT2D eigenvalue weighted by Gasteiger charge is -2.27. The van der Waals surface area contributed by atoms with Crippen molar-refractivity contribution in [3.8, 4) is 11.5 Å². The molecule has 2 rings (SSSR count). The highest BCUT2D eigenvalue weighted by Gasteiger charge is 2.30. The van der Waals surface area contributed by atoms with Gasteiger partial charge < -0.3 is 18.9 Å². The zero-order valence-corrected chi connectivity index (χ0v) is 17.8. The molecular formula is C23H28O6. The molecule has 0 N–H and O–H groups in total. The Morgan fingerprint density at radius 3 is 1.24 bits per heavy atom. The van der Waals surface area contributed by atoms with Gasteiger partial charge in [-0.2, -0.15) is 0 Å². The average molecular weight is 400 g/mol. The van der Waals surface area contributed by atoms with E-state index in [-0.39, 0.29) is 0 Å². The highest BCUT2D eigenvalue weighted by Crippen LogP contribution is 2.29. The lowest BCUT2D eigenvalue weighted by atomic mass is 9.97. The summed E-state index contributed by atoms with van der Waals surface area (Å²) in [5.41, 5.74) is -0.207. The molecule has 0 aromatic heterocycles. The van der Waals surface area contributed by atoms with Crippen molar-refractivity contribution in [1.82, 2.24) is 0 Å². The fourth-order valence-electron chi connectivity index (χ4n) is 2.86. The van der Waals surface area contributed by atoms with Gasteiger partial charge in [-0.05, 0) is 63.1 Å². The molecule has 2 aromatic carbocycles. The van der Waals surface area contributed by atoms with Gasteiger partial charge in [0, 0.05) is 0 Å². The monoisotopic (exact) mass is 400 g/mol. The second-order valence-electron chi connectivity index (χ2n) is 7.60. The minimum Gasteiger partial charge on any atom is -0.497 e. The number of esters is 2. The Morgan fingerprint density at radius 1 is 0.655 bits per heavy atom. The SMILES string of the molecule is COc1ccc(C(C)(C)OC(=O)CC(=O)OC(C)(C)c2ccc(OC)cc2)cc1. The number of carbonyl (C=O) groups is 2. The predicted octanol–water partition coefficient (Wildman–Crippen LogP) is 4.35. The fourth-order valence-corrected chi connectivity index (χ4v) is 2.86. The molecule has 0 spiro atoms. The molecule has 6 heteroatoms. The molecule has 0 aliphatic carbocycles. The van der Waals surface area contributed by atoms with Crippen molar-refractivity contribution in [2.75, 3.05) is 14.2 Å². The zero-order chi connectivity index (χ0) is 21.7. The summed E-state index contributed by atoms with van der Waals surface area (Å²) < 4.78 is 21.3. The number of ether oxygens (including phenoxy) is 4. The van der Waals surface area contributed by atoms with E-state index in [0.29, 0.717) is 11.5 Å². The minimum atomic E-state index is -0.894. The molecule has 156 valence electrons. The van der Waals surface area contributed by atoms with Crippen LogP contribution in [-0.4, -0.2) is 26.2 Å². The molecule has 0 radical (unpaired) electrons. The summed E-state index contributed by atoms with van der Waals surface area (Å²) >= 11 is 0.